The van der Waals surface area contributed by atoms with Gasteiger partial charge in [0.1, 0.15) is 6.54 Å². The van der Waals surface area contributed by atoms with E-state index in [9.17, 15) is 23.1 Å². The highest BCUT2D eigenvalue weighted by Crippen LogP contribution is 2.22. The second kappa shape index (κ2) is 4.17. The number of nitrogens with zero attached hydrogens (tertiary/aromatic N) is 1. The first-order valence-corrected chi connectivity index (χ1v) is 4.36. The van der Waals surface area contributed by atoms with Crippen LogP contribution in [-0.2, 0) is 13.2 Å². The number of pyridine rings is 1. The molecule has 0 aliphatic heterocycles. The highest BCUT2D eigenvalue weighted by molar-refractivity contribution is 5.29. The molecule has 0 aromatic carbocycles. The van der Waals surface area contributed by atoms with Crippen molar-refractivity contribution in [1.82, 2.24) is 4.57 Å². The van der Waals surface area contributed by atoms with Gasteiger partial charge in [0.05, 0.1) is 12.3 Å². The van der Waals surface area contributed by atoms with Crippen LogP contribution in [0.5, 0.6) is 5.75 Å². The van der Waals surface area contributed by atoms with Gasteiger partial charge in [-0.15, -0.1) is 0 Å². The average molecular weight is 237 g/mol. The predicted octanol–water partition coefficient (Wildman–Crippen LogP) is 0.917. The Labute approximate surface area is 88.6 Å². The first kappa shape index (κ1) is 12.6. The van der Waals surface area contributed by atoms with Crippen molar-refractivity contribution in [2.45, 2.75) is 26.3 Å². The first-order valence-electron chi connectivity index (χ1n) is 4.36. The largest absolute Gasteiger partial charge is 0.503 e. The minimum Gasteiger partial charge on any atom is -0.503 e. The number of alkyl halides is 3. The van der Waals surface area contributed by atoms with Gasteiger partial charge in [0.25, 0.3) is 0 Å². The Morgan fingerprint density at radius 1 is 1.44 bits per heavy atom. The van der Waals surface area contributed by atoms with Gasteiger partial charge in [0, 0.05) is 11.8 Å². The van der Waals surface area contributed by atoms with Gasteiger partial charge in [-0.1, -0.05) is 0 Å². The zero-order chi connectivity index (χ0) is 12.5. The van der Waals surface area contributed by atoms with Crippen LogP contribution < -0.4 is 5.43 Å². The molecule has 0 aliphatic carbocycles. The van der Waals surface area contributed by atoms with Crippen molar-refractivity contribution in [3.8, 4) is 5.75 Å². The third-order valence-corrected chi connectivity index (χ3v) is 2.09. The molecule has 0 saturated heterocycles. The van der Waals surface area contributed by atoms with Gasteiger partial charge >= 0.3 is 6.18 Å². The molecule has 0 aliphatic rings. The summed E-state index contributed by atoms with van der Waals surface area (Å²) < 4.78 is 37.3. The van der Waals surface area contributed by atoms with Crippen molar-refractivity contribution in [1.29, 1.82) is 0 Å². The molecule has 0 unspecified atom stereocenters. The van der Waals surface area contributed by atoms with Crippen molar-refractivity contribution in [2.24, 2.45) is 0 Å². The topological polar surface area (TPSA) is 62.5 Å². The van der Waals surface area contributed by atoms with Crippen molar-refractivity contribution < 1.29 is 23.4 Å². The van der Waals surface area contributed by atoms with Crippen LogP contribution in [-0.4, -0.2) is 21.0 Å². The normalized spacial score (nSPS) is 11.8. The van der Waals surface area contributed by atoms with Crippen molar-refractivity contribution in [3.05, 3.63) is 27.7 Å². The summed E-state index contributed by atoms with van der Waals surface area (Å²) in [5.41, 5.74) is -1.20. The summed E-state index contributed by atoms with van der Waals surface area (Å²) in [7, 11) is 0. The lowest BCUT2D eigenvalue weighted by Gasteiger charge is -2.17. The van der Waals surface area contributed by atoms with Gasteiger partial charge in [-0.3, -0.25) is 4.79 Å². The van der Waals surface area contributed by atoms with E-state index >= 15 is 0 Å². The molecule has 1 heterocycles. The maximum atomic E-state index is 12.2. The smallest absolute Gasteiger partial charge is 0.406 e. The number of aromatic hydroxyl groups is 1. The lowest BCUT2D eigenvalue weighted by Crippen LogP contribution is -2.24. The number of aryl methyl sites for hydroxylation is 1. The number of aromatic nitrogens is 1. The van der Waals surface area contributed by atoms with Crippen LogP contribution in [0, 0.1) is 6.92 Å². The van der Waals surface area contributed by atoms with Crippen LogP contribution >= 0.6 is 0 Å². The maximum absolute atomic E-state index is 12.2. The summed E-state index contributed by atoms with van der Waals surface area (Å²) in [6.07, 6.45) is -4.49. The van der Waals surface area contributed by atoms with Crippen molar-refractivity contribution >= 4 is 0 Å². The molecule has 0 bridgehead atoms. The van der Waals surface area contributed by atoms with Gasteiger partial charge in [-0.2, -0.15) is 13.2 Å². The zero-order valence-corrected chi connectivity index (χ0v) is 8.38. The summed E-state index contributed by atoms with van der Waals surface area (Å²) >= 11 is 0. The summed E-state index contributed by atoms with van der Waals surface area (Å²) in [5.74, 6) is -0.850. The molecule has 2 N–H and O–H groups in total. The van der Waals surface area contributed by atoms with Crippen molar-refractivity contribution in [2.75, 3.05) is 0 Å². The SMILES string of the molecule is Cc1cc(=O)c(O)c(CO)n1CC(F)(F)F. The third kappa shape index (κ3) is 2.54. The molecule has 0 saturated carbocycles. The molecule has 1 rings (SSSR count). The molecule has 0 atom stereocenters. The molecule has 0 spiro atoms. The van der Waals surface area contributed by atoms with E-state index in [1.165, 1.54) is 6.92 Å². The van der Waals surface area contributed by atoms with Gasteiger partial charge in [-0.25, -0.2) is 0 Å². The van der Waals surface area contributed by atoms with E-state index in [-0.39, 0.29) is 5.69 Å². The van der Waals surface area contributed by atoms with Gasteiger partial charge < -0.3 is 14.8 Å². The number of aliphatic hydroxyl groups is 1. The number of rotatable bonds is 2. The van der Waals surface area contributed by atoms with Crippen LogP contribution in [0.4, 0.5) is 13.2 Å². The summed E-state index contributed by atoms with van der Waals surface area (Å²) in [6.45, 7) is -0.896. The van der Waals surface area contributed by atoms with Crippen molar-refractivity contribution in [3.63, 3.8) is 0 Å². The summed E-state index contributed by atoms with van der Waals surface area (Å²) in [4.78, 5) is 11.1. The number of hydrogen-bond donors (Lipinski definition) is 2. The minimum atomic E-state index is -4.49. The Hall–Kier alpha value is -1.50. The highest BCUT2D eigenvalue weighted by atomic mass is 19.4. The summed E-state index contributed by atoms with van der Waals surface area (Å²) in [6, 6.07) is 0.889. The van der Waals surface area contributed by atoms with Crippen LogP contribution in [0.15, 0.2) is 10.9 Å². The Morgan fingerprint density at radius 2 is 2.00 bits per heavy atom. The standard InChI is InChI=1S/C9H10F3NO3/c1-5-2-7(15)8(16)6(3-14)13(5)4-9(10,11)12/h2,14,16H,3-4H2,1H3. The van der Waals surface area contributed by atoms with E-state index in [4.69, 9.17) is 5.11 Å². The molecule has 16 heavy (non-hydrogen) atoms. The summed E-state index contributed by atoms with van der Waals surface area (Å²) in [5, 5.41) is 18.1. The fourth-order valence-electron chi connectivity index (χ4n) is 1.38. The molecule has 0 radical (unpaired) electrons. The third-order valence-electron chi connectivity index (χ3n) is 2.09. The molecule has 7 heteroatoms. The van der Waals surface area contributed by atoms with E-state index in [0.717, 1.165) is 6.07 Å². The van der Waals surface area contributed by atoms with Gasteiger partial charge in [0.2, 0.25) is 5.43 Å². The molecule has 0 amide bonds. The quantitative estimate of drug-likeness (QED) is 0.803. The fourth-order valence-corrected chi connectivity index (χ4v) is 1.38. The lowest BCUT2D eigenvalue weighted by atomic mass is 10.2. The van der Waals surface area contributed by atoms with E-state index < -0.39 is 36.2 Å². The maximum Gasteiger partial charge on any atom is 0.406 e. The second-order valence-electron chi connectivity index (χ2n) is 3.30. The Kier molecular flexibility index (Phi) is 3.27. The Morgan fingerprint density at radius 3 is 2.44 bits per heavy atom. The highest BCUT2D eigenvalue weighted by Gasteiger charge is 2.30. The molecular formula is C9H10F3NO3. The molecule has 0 fully saturated rings. The molecule has 90 valence electrons. The number of hydrogen-bond acceptors (Lipinski definition) is 3. The predicted molar refractivity (Wildman–Crippen MR) is 49.1 cm³/mol. The van der Waals surface area contributed by atoms with Crippen LogP contribution in [0.25, 0.3) is 0 Å². The average Bonchev–Trinajstić information content (AvgIpc) is 2.13. The first-order chi connectivity index (χ1) is 7.26. The molecule has 1 aromatic heterocycles. The van der Waals surface area contributed by atoms with E-state index in [2.05, 4.69) is 0 Å². The molecule has 1 aromatic rings. The van der Waals surface area contributed by atoms with Gasteiger partial charge in [-0.05, 0) is 6.92 Å². The Balaban J connectivity index is 3.37. The monoisotopic (exact) mass is 237 g/mol. The number of aliphatic hydroxyl groups excluding tert-OH is 1. The number of halogens is 3. The Bertz CT molecular complexity index is 451. The van der Waals surface area contributed by atoms with E-state index in [0.29, 0.717) is 4.57 Å². The minimum absolute atomic E-state index is 0.0316. The van der Waals surface area contributed by atoms with Crippen LogP contribution in [0.1, 0.15) is 11.4 Å². The van der Waals surface area contributed by atoms with Crippen LogP contribution in [0.2, 0.25) is 0 Å². The van der Waals surface area contributed by atoms with E-state index in [1.54, 1.807) is 0 Å². The zero-order valence-electron chi connectivity index (χ0n) is 8.38. The van der Waals surface area contributed by atoms with E-state index in [1.807, 2.05) is 0 Å². The fraction of sp³-hybridized carbons (Fsp3) is 0.444. The van der Waals surface area contributed by atoms with Gasteiger partial charge in [0.15, 0.2) is 5.75 Å². The van der Waals surface area contributed by atoms with Crippen LogP contribution in [0.3, 0.4) is 0 Å². The molecular weight excluding hydrogens is 227 g/mol. The molecule has 4 nitrogen and oxygen atoms in total. The second-order valence-corrected chi connectivity index (χ2v) is 3.30. The lowest BCUT2D eigenvalue weighted by molar-refractivity contribution is -0.141.